The quantitative estimate of drug-likeness (QED) is 0.524. The van der Waals surface area contributed by atoms with Gasteiger partial charge in [-0.1, -0.05) is 26.0 Å². The Balaban J connectivity index is 2.74. The molecule has 0 aliphatic rings. The number of nitrogens with one attached hydrogen (secondary N) is 1. The van der Waals surface area contributed by atoms with E-state index < -0.39 is 12.0 Å². The Morgan fingerprint density at radius 1 is 1.08 bits per heavy atom. The number of benzene rings is 1. The van der Waals surface area contributed by atoms with Gasteiger partial charge >= 0.3 is 5.97 Å². The lowest BCUT2D eigenvalue weighted by Crippen LogP contribution is -2.45. The first-order valence-electron chi connectivity index (χ1n) is 8.28. The molecular formula is C18H27NO5. The summed E-state index contributed by atoms with van der Waals surface area (Å²) in [5.41, 5.74) is 0.395. The van der Waals surface area contributed by atoms with Gasteiger partial charge in [-0.2, -0.15) is 0 Å². The van der Waals surface area contributed by atoms with Crippen LogP contribution < -0.4 is 10.1 Å². The molecule has 0 aliphatic carbocycles. The fourth-order valence-electron chi connectivity index (χ4n) is 2.09. The molecule has 1 rings (SSSR count). The highest BCUT2D eigenvalue weighted by atomic mass is 16.6. The van der Waals surface area contributed by atoms with Crippen molar-refractivity contribution in [2.24, 2.45) is 5.92 Å². The zero-order valence-electron chi connectivity index (χ0n) is 14.8. The van der Waals surface area contributed by atoms with Crippen molar-refractivity contribution < 1.29 is 23.8 Å². The molecule has 1 aromatic carbocycles. The predicted molar refractivity (Wildman–Crippen MR) is 91.2 cm³/mol. The first-order chi connectivity index (χ1) is 11.5. The molecule has 1 N–H and O–H groups in total. The van der Waals surface area contributed by atoms with Crippen LogP contribution in [-0.4, -0.2) is 44.3 Å². The van der Waals surface area contributed by atoms with E-state index in [1.165, 1.54) is 0 Å². The van der Waals surface area contributed by atoms with Crippen LogP contribution in [0.5, 0.6) is 5.75 Å². The predicted octanol–water partition coefficient (Wildman–Crippen LogP) is 2.42. The molecule has 0 heterocycles. The molecule has 0 unspecified atom stereocenters. The van der Waals surface area contributed by atoms with Crippen molar-refractivity contribution in [2.45, 2.75) is 33.7 Å². The van der Waals surface area contributed by atoms with Gasteiger partial charge in [0.2, 0.25) is 0 Å². The van der Waals surface area contributed by atoms with Crippen molar-refractivity contribution in [3.8, 4) is 5.75 Å². The Morgan fingerprint density at radius 2 is 1.79 bits per heavy atom. The number of carbonyl (C=O) groups is 2. The van der Waals surface area contributed by atoms with Crippen molar-refractivity contribution in [2.75, 3.05) is 26.4 Å². The number of esters is 1. The number of amides is 1. The van der Waals surface area contributed by atoms with Gasteiger partial charge < -0.3 is 19.5 Å². The first-order valence-corrected chi connectivity index (χ1v) is 8.28. The topological polar surface area (TPSA) is 73.9 Å². The van der Waals surface area contributed by atoms with E-state index in [0.29, 0.717) is 31.1 Å². The summed E-state index contributed by atoms with van der Waals surface area (Å²) in [5.74, 6) is -0.441. The maximum absolute atomic E-state index is 12.5. The zero-order chi connectivity index (χ0) is 17.9. The third kappa shape index (κ3) is 6.20. The largest absolute Gasteiger partial charge is 0.493 e. The summed E-state index contributed by atoms with van der Waals surface area (Å²) < 4.78 is 15.8. The summed E-state index contributed by atoms with van der Waals surface area (Å²) in [4.78, 5) is 24.7. The monoisotopic (exact) mass is 337 g/mol. The Hall–Kier alpha value is -2.08. The minimum Gasteiger partial charge on any atom is -0.493 e. The summed E-state index contributed by atoms with van der Waals surface area (Å²) in [5, 5.41) is 2.74. The van der Waals surface area contributed by atoms with Crippen LogP contribution in [0.25, 0.3) is 0 Å². The number of para-hydroxylation sites is 1. The Labute approximate surface area is 143 Å². The number of ether oxygens (including phenoxy) is 3. The van der Waals surface area contributed by atoms with E-state index in [1.54, 1.807) is 24.3 Å². The van der Waals surface area contributed by atoms with Gasteiger partial charge in [0.1, 0.15) is 18.4 Å². The standard InChI is InChI=1S/C18H27NO5/c1-5-22-11-12-24-18(21)16(13(3)4)19-17(20)14-9-7-8-10-15(14)23-6-2/h7-10,13,16H,5-6,11-12H2,1-4H3,(H,19,20)/t16-/m0/s1. The molecule has 0 radical (unpaired) electrons. The van der Waals surface area contributed by atoms with Crippen LogP contribution in [-0.2, 0) is 14.3 Å². The maximum atomic E-state index is 12.5. The Bertz CT molecular complexity index is 530. The SMILES string of the molecule is CCOCCOC(=O)[C@@H](NC(=O)c1ccccc1OCC)C(C)C. The molecule has 0 spiro atoms. The lowest BCUT2D eigenvalue weighted by Gasteiger charge is -2.21. The Morgan fingerprint density at radius 3 is 2.42 bits per heavy atom. The molecular weight excluding hydrogens is 310 g/mol. The smallest absolute Gasteiger partial charge is 0.328 e. The molecule has 1 aromatic rings. The maximum Gasteiger partial charge on any atom is 0.328 e. The van der Waals surface area contributed by atoms with E-state index in [9.17, 15) is 9.59 Å². The van der Waals surface area contributed by atoms with Crippen LogP contribution in [0.4, 0.5) is 0 Å². The van der Waals surface area contributed by atoms with Crippen molar-refractivity contribution in [1.29, 1.82) is 0 Å². The lowest BCUT2D eigenvalue weighted by molar-refractivity contribution is -0.148. The second-order valence-electron chi connectivity index (χ2n) is 5.49. The molecule has 0 bridgehead atoms. The molecule has 6 heteroatoms. The highest BCUT2D eigenvalue weighted by molar-refractivity contribution is 5.99. The summed E-state index contributed by atoms with van der Waals surface area (Å²) in [6.07, 6.45) is 0. The number of hydrogen-bond donors (Lipinski definition) is 1. The van der Waals surface area contributed by atoms with E-state index in [-0.39, 0.29) is 18.4 Å². The molecule has 1 atom stereocenters. The molecule has 0 aliphatic heterocycles. The second-order valence-corrected chi connectivity index (χ2v) is 5.49. The third-order valence-electron chi connectivity index (χ3n) is 3.31. The number of hydrogen-bond acceptors (Lipinski definition) is 5. The van der Waals surface area contributed by atoms with Crippen molar-refractivity contribution >= 4 is 11.9 Å². The minimum absolute atomic E-state index is 0.104. The minimum atomic E-state index is -0.728. The molecule has 0 fully saturated rings. The van der Waals surface area contributed by atoms with Crippen LogP contribution in [0.15, 0.2) is 24.3 Å². The average molecular weight is 337 g/mol. The molecule has 6 nitrogen and oxygen atoms in total. The van der Waals surface area contributed by atoms with E-state index in [2.05, 4.69) is 5.32 Å². The van der Waals surface area contributed by atoms with E-state index in [1.807, 2.05) is 27.7 Å². The van der Waals surface area contributed by atoms with Crippen molar-refractivity contribution in [1.82, 2.24) is 5.32 Å². The summed E-state index contributed by atoms with van der Waals surface area (Å²) in [6.45, 7) is 8.95. The van der Waals surface area contributed by atoms with E-state index in [0.717, 1.165) is 0 Å². The zero-order valence-corrected chi connectivity index (χ0v) is 14.8. The molecule has 24 heavy (non-hydrogen) atoms. The van der Waals surface area contributed by atoms with Gasteiger partial charge in [0, 0.05) is 6.61 Å². The van der Waals surface area contributed by atoms with Crippen LogP contribution in [0.2, 0.25) is 0 Å². The molecule has 1 amide bonds. The van der Waals surface area contributed by atoms with Gasteiger partial charge in [0.05, 0.1) is 18.8 Å². The molecule has 0 aromatic heterocycles. The van der Waals surface area contributed by atoms with Crippen LogP contribution in [0, 0.1) is 5.92 Å². The normalized spacial score (nSPS) is 11.9. The van der Waals surface area contributed by atoms with Crippen LogP contribution in [0.3, 0.4) is 0 Å². The fraction of sp³-hybridized carbons (Fsp3) is 0.556. The van der Waals surface area contributed by atoms with E-state index >= 15 is 0 Å². The average Bonchev–Trinajstić information content (AvgIpc) is 2.56. The van der Waals surface area contributed by atoms with E-state index in [4.69, 9.17) is 14.2 Å². The third-order valence-corrected chi connectivity index (χ3v) is 3.31. The van der Waals surface area contributed by atoms with Crippen LogP contribution in [0.1, 0.15) is 38.1 Å². The molecule has 134 valence electrons. The number of rotatable bonds is 10. The fourth-order valence-corrected chi connectivity index (χ4v) is 2.09. The van der Waals surface area contributed by atoms with Gasteiger partial charge in [-0.15, -0.1) is 0 Å². The van der Waals surface area contributed by atoms with Gasteiger partial charge in [0.15, 0.2) is 0 Å². The van der Waals surface area contributed by atoms with Gasteiger partial charge in [-0.05, 0) is 31.9 Å². The Kier molecular flexibility index (Phi) is 8.86. The summed E-state index contributed by atoms with van der Waals surface area (Å²) >= 11 is 0. The second kappa shape index (κ2) is 10.6. The van der Waals surface area contributed by atoms with Gasteiger partial charge in [-0.3, -0.25) is 4.79 Å². The first kappa shape index (κ1) is 20.0. The molecule has 0 saturated carbocycles. The number of carbonyl (C=O) groups excluding carboxylic acids is 2. The van der Waals surface area contributed by atoms with Gasteiger partial charge in [-0.25, -0.2) is 4.79 Å². The highest BCUT2D eigenvalue weighted by Gasteiger charge is 2.27. The summed E-state index contributed by atoms with van der Waals surface area (Å²) in [7, 11) is 0. The summed E-state index contributed by atoms with van der Waals surface area (Å²) in [6, 6.07) is 6.21. The van der Waals surface area contributed by atoms with Crippen molar-refractivity contribution in [3.63, 3.8) is 0 Å². The van der Waals surface area contributed by atoms with Crippen LogP contribution >= 0.6 is 0 Å². The van der Waals surface area contributed by atoms with Gasteiger partial charge in [0.25, 0.3) is 5.91 Å². The lowest BCUT2D eigenvalue weighted by atomic mass is 10.0. The van der Waals surface area contributed by atoms with Crippen molar-refractivity contribution in [3.05, 3.63) is 29.8 Å². The molecule has 0 saturated heterocycles. The highest BCUT2D eigenvalue weighted by Crippen LogP contribution is 2.18.